The summed E-state index contributed by atoms with van der Waals surface area (Å²) in [5.41, 5.74) is 4.27. The highest BCUT2D eigenvalue weighted by Crippen LogP contribution is 2.24. The molecule has 1 heterocycles. The fourth-order valence-electron chi connectivity index (χ4n) is 3.36. The summed E-state index contributed by atoms with van der Waals surface area (Å²) in [6, 6.07) is 18.4. The standard InChI is InChI=1S/C24H30N4O/c1-19(2)16-28(24(29)13-12-20-8-5-4-6-9-20)23-11-7-10-22(14-23)27(3)17-21-15-25-18-26-21/h4-11,14-15,18-19H,12-13,16-17H2,1-3H3,(H,25,26). The van der Waals surface area contributed by atoms with Crippen LogP contribution in [0.2, 0.25) is 0 Å². The first kappa shape index (κ1) is 20.6. The van der Waals surface area contributed by atoms with Gasteiger partial charge in [-0.25, -0.2) is 4.98 Å². The lowest BCUT2D eigenvalue weighted by Crippen LogP contribution is -2.34. The quantitative estimate of drug-likeness (QED) is 0.578. The van der Waals surface area contributed by atoms with E-state index in [0.717, 1.165) is 30.0 Å². The molecule has 1 aromatic heterocycles. The van der Waals surface area contributed by atoms with Crippen molar-refractivity contribution in [2.24, 2.45) is 5.92 Å². The van der Waals surface area contributed by atoms with Crippen molar-refractivity contribution in [1.82, 2.24) is 9.97 Å². The monoisotopic (exact) mass is 390 g/mol. The minimum atomic E-state index is 0.163. The summed E-state index contributed by atoms with van der Waals surface area (Å²) in [5, 5.41) is 0. The number of aromatic nitrogens is 2. The molecule has 0 saturated heterocycles. The highest BCUT2D eigenvalue weighted by Gasteiger charge is 2.18. The predicted octanol–water partition coefficient (Wildman–Crippen LogP) is 4.67. The zero-order valence-corrected chi connectivity index (χ0v) is 17.5. The number of nitrogens with zero attached hydrogens (tertiary/aromatic N) is 3. The van der Waals surface area contributed by atoms with E-state index < -0.39 is 0 Å². The van der Waals surface area contributed by atoms with Crippen molar-refractivity contribution in [3.8, 4) is 0 Å². The van der Waals surface area contributed by atoms with Gasteiger partial charge in [0.25, 0.3) is 0 Å². The van der Waals surface area contributed by atoms with Crippen LogP contribution < -0.4 is 9.80 Å². The van der Waals surface area contributed by atoms with Gasteiger partial charge in [0.1, 0.15) is 0 Å². The third-order valence-electron chi connectivity index (χ3n) is 4.86. The van der Waals surface area contributed by atoms with Crippen molar-refractivity contribution in [1.29, 1.82) is 0 Å². The number of hydrogen-bond acceptors (Lipinski definition) is 3. The van der Waals surface area contributed by atoms with Gasteiger partial charge in [-0.05, 0) is 36.1 Å². The lowest BCUT2D eigenvalue weighted by atomic mass is 10.1. The van der Waals surface area contributed by atoms with Gasteiger partial charge in [0.2, 0.25) is 5.91 Å². The van der Waals surface area contributed by atoms with Gasteiger partial charge in [0, 0.05) is 37.6 Å². The van der Waals surface area contributed by atoms with Gasteiger partial charge < -0.3 is 14.8 Å². The Morgan fingerprint density at radius 3 is 2.52 bits per heavy atom. The number of benzene rings is 2. The van der Waals surface area contributed by atoms with Crippen LogP contribution in [0.5, 0.6) is 0 Å². The third-order valence-corrected chi connectivity index (χ3v) is 4.86. The summed E-state index contributed by atoms with van der Waals surface area (Å²) in [7, 11) is 2.05. The fraction of sp³-hybridized carbons (Fsp3) is 0.333. The second-order valence-corrected chi connectivity index (χ2v) is 7.84. The summed E-state index contributed by atoms with van der Waals surface area (Å²) < 4.78 is 0. The molecule has 29 heavy (non-hydrogen) atoms. The number of carbonyl (C=O) groups is 1. The number of rotatable bonds is 9. The van der Waals surface area contributed by atoms with Crippen LogP contribution in [0.3, 0.4) is 0 Å². The van der Waals surface area contributed by atoms with E-state index in [-0.39, 0.29) is 5.91 Å². The number of nitrogens with one attached hydrogen (secondary N) is 1. The number of carbonyl (C=O) groups excluding carboxylic acids is 1. The maximum atomic E-state index is 13.1. The van der Waals surface area contributed by atoms with E-state index in [4.69, 9.17) is 0 Å². The van der Waals surface area contributed by atoms with Gasteiger partial charge in [0.15, 0.2) is 0 Å². The smallest absolute Gasteiger partial charge is 0.227 e. The zero-order chi connectivity index (χ0) is 20.6. The average molecular weight is 391 g/mol. The molecular weight excluding hydrogens is 360 g/mol. The van der Waals surface area contributed by atoms with Crippen LogP contribution >= 0.6 is 0 Å². The summed E-state index contributed by atoms with van der Waals surface area (Å²) >= 11 is 0. The van der Waals surface area contributed by atoms with E-state index in [1.54, 1.807) is 6.33 Å². The van der Waals surface area contributed by atoms with Crippen LogP contribution in [-0.4, -0.2) is 29.5 Å². The second-order valence-electron chi connectivity index (χ2n) is 7.84. The molecule has 0 spiro atoms. The summed E-state index contributed by atoms with van der Waals surface area (Å²) in [4.78, 5) is 24.4. The van der Waals surface area contributed by atoms with Crippen LogP contribution in [-0.2, 0) is 17.8 Å². The highest BCUT2D eigenvalue weighted by atomic mass is 16.2. The summed E-state index contributed by atoms with van der Waals surface area (Å²) in [5.74, 6) is 0.554. The van der Waals surface area contributed by atoms with Crippen LogP contribution in [0.4, 0.5) is 11.4 Å². The van der Waals surface area contributed by atoms with E-state index >= 15 is 0 Å². The van der Waals surface area contributed by atoms with Crippen molar-refractivity contribution in [3.63, 3.8) is 0 Å². The molecule has 0 atom stereocenters. The topological polar surface area (TPSA) is 52.2 Å². The first-order valence-corrected chi connectivity index (χ1v) is 10.2. The van der Waals surface area contributed by atoms with Crippen molar-refractivity contribution < 1.29 is 4.79 Å². The normalized spacial score (nSPS) is 10.9. The Kier molecular flexibility index (Phi) is 7.06. The number of amides is 1. The van der Waals surface area contributed by atoms with E-state index in [0.29, 0.717) is 18.9 Å². The lowest BCUT2D eigenvalue weighted by Gasteiger charge is -2.27. The minimum absolute atomic E-state index is 0.163. The van der Waals surface area contributed by atoms with Crippen LogP contribution in [0.1, 0.15) is 31.5 Å². The molecule has 1 amide bonds. The Labute approximate surface area is 173 Å². The molecule has 2 aromatic carbocycles. The molecule has 5 nitrogen and oxygen atoms in total. The number of imidazole rings is 1. The number of aromatic amines is 1. The largest absolute Gasteiger partial charge is 0.369 e. The van der Waals surface area contributed by atoms with Crippen molar-refractivity contribution in [2.75, 3.05) is 23.4 Å². The maximum Gasteiger partial charge on any atom is 0.227 e. The molecule has 0 aliphatic heterocycles. The summed E-state index contributed by atoms with van der Waals surface area (Å²) in [6.07, 6.45) is 4.78. The number of H-pyrrole nitrogens is 1. The molecule has 0 fully saturated rings. The van der Waals surface area contributed by atoms with Crippen molar-refractivity contribution in [3.05, 3.63) is 78.4 Å². The summed E-state index contributed by atoms with van der Waals surface area (Å²) in [6.45, 7) is 5.73. The van der Waals surface area contributed by atoms with E-state index in [1.165, 1.54) is 5.56 Å². The molecule has 3 rings (SSSR count). The average Bonchev–Trinajstić information content (AvgIpc) is 3.24. The Bertz CT molecular complexity index is 890. The number of anilines is 2. The van der Waals surface area contributed by atoms with Crippen LogP contribution in [0.25, 0.3) is 0 Å². The molecule has 5 heteroatoms. The number of aryl methyl sites for hydroxylation is 1. The van der Waals surface area contributed by atoms with Gasteiger partial charge in [-0.3, -0.25) is 4.79 Å². The highest BCUT2D eigenvalue weighted by molar-refractivity contribution is 5.94. The zero-order valence-electron chi connectivity index (χ0n) is 17.5. The molecule has 0 aliphatic carbocycles. The van der Waals surface area contributed by atoms with E-state index in [2.05, 4.69) is 53.0 Å². The van der Waals surface area contributed by atoms with Crippen LogP contribution in [0, 0.1) is 5.92 Å². The van der Waals surface area contributed by atoms with Gasteiger partial charge >= 0.3 is 0 Å². The minimum Gasteiger partial charge on any atom is -0.369 e. The first-order chi connectivity index (χ1) is 14.0. The SMILES string of the molecule is CC(C)CN(C(=O)CCc1ccccc1)c1cccc(N(C)Cc2cnc[nH]2)c1. The molecule has 3 aromatic rings. The Hall–Kier alpha value is -3.08. The molecule has 152 valence electrons. The second kappa shape index (κ2) is 9.92. The molecule has 1 N–H and O–H groups in total. The lowest BCUT2D eigenvalue weighted by molar-refractivity contribution is -0.118. The van der Waals surface area contributed by atoms with Gasteiger partial charge in [-0.1, -0.05) is 50.2 Å². The molecular formula is C24H30N4O. The molecule has 0 unspecified atom stereocenters. The fourth-order valence-corrected chi connectivity index (χ4v) is 3.36. The Balaban J connectivity index is 1.74. The molecule has 0 saturated carbocycles. The molecule has 0 aliphatic rings. The van der Waals surface area contributed by atoms with E-state index in [9.17, 15) is 4.79 Å². The van der Waals surface area contributed by atoms with Gasteiger partial charge in [-0.15, -0.1) is 0 Å². The predicted molar refractivity (Wildman–Crippen MR) is 119 cm³/mol. The van der Waals surface area contributed by atoms with Gasteiger partial charge in [-0.2, -0.15) is 0 Å². The third kappa shape index (κ3) is 5.95. The Morgan fingerprint density at radius 1 is 1.07 bits per heavy atom. The molecule has 0 bridgehead atoms. The van der Waals surface area contributed by atoms with Crippen LogP contribution in [0.15, 0.2) is 67.1 Å². The number of hydrogen-bond donors (Lipinski definition) is 1. The Morgan fingerprint density at radius 2 is 1.83 bits per heavy atom. The van der Waals surface area contributed by atoms with Crippen molar-refractivity contribution >= 4 is 17.3 Å². The molecule has 0 radical (unpaired) electrons. The van der Waals surface area contributed by atoms with Gasteiger partial charge in [0.05, 0.1) is 18.6 Å². The maximum absolute atomic E-state index is 13.1. The van der Waals surface area contributed by atoms with E-state index in [1.807, 2.05) is 48.5 Å². The van der Waals surface area contributed by atoms with Crippen molar-refractivity contribution in [2.45, 2.75) is 33.2 Å². The first-order valence-electron chi connectivity index (χ1n) is 10.2.